The van der Waals surface area contributed by atoms with Crippen molar-refractivity contribution in [2.45, 2.75) is 51.7 Å². The number of hydrogen-bond donors (Lipinski definition) is 2. The van der Waals surface area contributed by atoms with E-state index in [4.69, 9.17) is 9.15 Å². The van der Waals surface area contributed by atoms with Crippen molar-refractivity contribution in [1.29, 1.82) is 0 Å². The number of ether oxygens (including phenoxy) is 1. The van der Waals surface area contributed by atoms with Crippen molar-refractivity contribution < 1.29 is 19.4 Å². The van der Waals surface area contributed by atoms with E-state index in [2.05, 4.69) is 0 Å². The summed E-state index contributed by atoms with van der Waals surface area (Å²) in [6.45, 7) is 6.14. The van der Waals surface area contributed by atoms with Crippen LogP contribution in [0.2, 0.25) is 0 Å². The van der Waals surface area contributed by atoms with Crippen LogP contribution in [0.5, 0.6) is 11.5 Å². The highest BCUT2D eigenvalue weighted by Gasteiger charge is 2.55. The van der Waals surface area contributed by atoms with Gasteiger partial charge in [-0.05, 0) is 31.6 Å². The smallest absolute Gasteiger partial charge is 0.197 e. The van der Waals surface area contributed by atoms with Crippen molar-refractivity contribution in [1.82, 2.24) is 0 Å². The van der Waals surface area contributed by atoms with Crippen molar-refractivity contribution in [2.24, 2.45) is 11.3 Å². The minimum Gasteiger partial charge on any atom is -0.507 e. The van der Waals surface area contributed by atoms with E-state index in [1.54, 1.807) is 0 Å². The minimum absolute atomic E-state index is 0.0141. The van der Waals surface area contributed by atoms with Crippen LogP contribution in [0.4, 0.5) is 0 Å². The van der Waals surface area contributed by atoms with Gasteiger partial charge in [-0.2, -0.15) is 0 Å². The largest absolute Gasteiger partial charge is 0.507 e. The lowest BCUT2D eigenvalue weighted by Gasteiger charge is -2.55. The van der Waals surface area contributed by atoms with Crippen LogP contribution in [0.25, 0.3) is 22.3 Å². The van der Waals surface area contributed by atoms with E-state index in [1.165, 1.54) is 12.1 Å². The van der Waals surface area contributed by atoms with Crippen LogP contribution < -0.4 is 10.2 Å². The second-order valence-electron chi connectivity index (χ2n) is 9.46. The van der Waals surface area contributed by atoms with E-state index < -0.39 is 11.7 Å². The molecule has 5 heteroatoms. The second-order valence-corrected chi connectivity index (χ2v) is 9.46. The van der Waals surface area contributed by atoms with Crippen LogP contribution >= 0.6 is 0 Å². The number of fused-ring (bicyclic) bond motifs is 4. The molecule has 2 heterocycles. The lowest BCUT2D eigenvalue weighted by Crippen LogP contribution is -2.58. The maximum absolute atomic E-state index is 13.1. The molecule has 0 unspecified atom stereocenters. The Labute approximate surface area is 174 Å². The third kappa shape index (κ3) is 2.68. The summed E-state index contributed by atoms with van der Waals surface area (Å²) in [5.74, 6) is 0.947. The monoisotopic (exact) mass is 406 g/mol. The predicted molar refractivity (Wildman–Crippen MR) is 115 cm³/mol. The number of benzene rings is 2. The molecule has 156 valence electrons. The molecule has 5 rings (SSSR count). The summed E-state index contributed by atoms with van der Waals surface area (Å²) >= 11 is 0. The van der Waals surface area contributed by atoms with Crippen LogP contribution in [-0.2, 0) is 6.42 Å². The molecule has 3 atom stereocenters. The number of phenols is 1. The molecule has 2 aromatic carbocycles. The Kier molecular flexibility index (Phi) is 4.06. The molecule has 0 spiro atoms. The molecule has 5 nitrogen and oxygen atoms in total. The van der Waals surface area contributed by atoms with Gasteiger partial charge in [0.2, 0.25) is 0 Å². The summed E-state index contributed by atoms with van der Waals surface area (Å²) in [7, 11) is 0. The fourth-order valence-corrected chi connectivity index (χ4v) is 5.40. The van der Waals surface area contributed by atoms with Gasteiger partial charge in [0, 0.05) is 29.2 Å². The van der Waals surface area contributed by atoms with Gasteiger partial charge in [0.15, 0.2) is 5.43 Å². The van der Waals surface area contributed by atoms with E-state index in [1.807, 2.05) is 51.1 Å². The normalized spacial score (nSPS) is 27.2. The van der Waals surface area contributed by atoms with Crippen molar-refractivity contribution in [2.75, 3.05) is 0 Å². The molecule has 1 saturated carbocycles. The summed E-state index contributed by atoms with van der Waals surface area (Å²) in [5, 5.41) is 21.8. The first-order valence-corrected chi connectivity index (χ1v) is 10.5. The Hall–Kier alpha value is -2.79. The van der Waals surface area contributed by atoms with Gasteiger partial charge in [-0.15, -0.1) is 0 Å². The SMILES string of the molecule is CC1(C)[C@@H](O)CC[C@]2(C)Oc3c(c(O)cc4oc(-c5ccccc5)cc(=O)c34)C[C@@H]12. The average Bonchev–Trinajstić information content (AvgIpc) is 2.71. The van der Waals surface area contributed by atoms with Crippen molar-refractivity contribution >= 4 is 11.0 Å². The molecule has 0 amide bonds. The van der Waals surface area contributed by atoms with Crippen LogP contribution in [0.3, 0.4) is 0 Å². The summed E-state index contributed by atoms with van der Waals surface area (Å²) in [5.41, 5.74) is 0.643. The first-order chi connectivity index (χ1) is 14.2. The topological polar surface area (TPSA) is 79.9 Å². The fourth-order valence-electron chi connectivity index (χ4n) is 5.40. The maximum Gasteiger partial charge on any atom is 0.197 e. The highest BCUT2D eigenvalue weighted by Crippen LogP contribution is 2.55. The third-order valence-electron chi connectivity index (χ3n) is 7.26. The Morgan fingerprint density at radius 3 is 2.57 bits per heavy atom. The van der Waals surface area contributed by atoms with Gasteiger partial charge in [0.1, 0.15) is 33.8 Å². The summed E-state index contributed by atoms with van der Waals surface area (Å²) in [6.07, 6.45) is 1.43. The van der Waals surface area contributed by atoms with Gasteiger partial charge < -0.3 is 19.4 Å². The second kappa shape index (κ2) is 6.35. The Morgan fingerprint density at radius 1 is 1.10 bits per heavy atom. The minimum atomic E-state index is -0.527. The van der Waals surface area contributed by atoms with E-state index in [0.29, 0.717) is 47.3 Å². The molecule has 0 radical (unpaired) electrons. The molecule has 2 aliphatic rings. The van der Waals surface area contributed by atoms with Gasteiger partial charge in [0.25, 0.3) is 0 Å². The highest BCUT2D eigenvalue weighted by molar-refractivity contribution is 5.88. The van der Waals surface area contributed by atoms with Crippen LogP contribution in [0.15, 0.2) is 51.7 Å². The van der Waals surface area contributed by atoms with E-state index in [0.717, 1.165) is 5.56 Å². The Bertz CT molecular complexity index is 1190. The molecule has 30 heavy (non-hydrogen) atoms. The van der Waals surface area contributed by atoms with Gasteiger partial charge in [0.05, 0.1) is 6.10 Å². The lowest BCUT2D eigenvalue weighted by molar-refractivity contribution is -0.137. The fraction of sp³-hybridized carbons (Fsp3) is 0.400. The van der Waals surface area contributed by atoms with Crippen molar-refractivity contribution in [3.8, 4) is 22.8 Å². The van der Waals surface area contributed by atoms with E-state index >= 15 is 0 Å². The average molecular weight is 406 g/mol. The van der Waals surface area contributed by atoms with Crippen LogP contribution in [-0.4, -0.2) is 21.9 Å². The first kappa shape index (κ1) is 19.2. The summed E-state index contributed by atoms with van der Waals surface area (Å²) < 4.78 is 12.5. The van der Waals surface area contributed by atoms with Crippen LogP contribution in [0, 0.1) is 11.3 Å². The first-order valence-electron chi connectivity index (χ1n) is 10.5. The number of aliphatic hydroxyl groups excluding tert-OH is 1. The zero-order valence-electron chi connectivity index (χ0n) is 17.4. The Morgan fingerprint density at radius 2 is 1.83 bits per heavy atom. The summed E-state index contributed by atoms with van der Waals surface area (Å²) in [6, 6.07) is 12.4. The molecule has 2 N–H and O–H groups in total. The van der Waals surface area contributed by atoms with E-state index in [9.17, 15) is 15.0 Å². The lowest BCUT2D eigenvalue weighted by atomic mass is 9.57. The van der Waals surface area contributed by atoms with Gasteiger partial charge in [-0.3, -0.25) is 4.79 Å². The Balaban J connectivity index is 1.71. The zero-order valence-corrected chi connectivity index (χ0v) is 17.4. The number of phenolic OH excluding ortho intramolecular Hbond substituents is 1. The third-order valence-corrected chi connectivity index (χ3v) is 7.26. The predicted octanol–water partition coefficient (Wildman–Crippen LogP) is 4.66. The molecule has 1 fully saturated rings. The van der Waals surface area contributed by atoms with Crippen molar-refractivity contribution in [3.63, 3.8) is 0 Å². The number of hydrogen-bond acceptors (Lipinski definition) is 5. The molecular formula is C25H26O5. The van der Waals surface area contributed by atoms with Gasteiger partial charge >= 0.3 is 0 Å². The molecule has 0 bridgehead atoms. The zero-order chi connectivity index (χ0) is 21.3. The molecule has 3 aromatic rings. The maximum atomic E-state index is 13.1. The number of aliphatic hydroxyl groups is 1. The molecular weight excluding hydrogens is 380 g/mol. The standard InChI is InChI=1S/C25H26O5/c1-24(2)20-11-15-16(26)12-19-22(23(15)30-25(20,3)10-9-21(24)28)17(27)13-18(29-19)14-7-5-4-6-8-14/h4-8,12-13,20-21,26,28H,9-11H2,1-3H3/t20-,21-,25-/m0/s1. The number of aromatic hydroxyl groups is 1. The van der Waals surface area contributed by atoms with E-state index in [-0.39, 0.29) is 22.5 Å². The molecule has 1 aliphatic carbocycles. The summed E-state index contributed by atoms with van der Waals surface area (Å²) in [4.78, 5) is 13.1. The van der Waals surface area contributed by atoms with Gasteiger partial charge in [-0.25, -0.2) is 0 Å². The molecule has 0 saturated heterocycles. The van der Waals surface area contributed by atoms with Gasteiger partial charge in [-0.1, -0.05) is 44.2 Å². The number of rotatable bonds is 1. The molecule has 1 aliphatic heterocycles. The molecule has 1 aromatic heterocycles. The van der Waals surface area contributed by atoms with Crippen molar-refractivity contribution in [3.05, 3.63) is 58.3 Å². The van der Waals surface area contributed by atoms with Crippen LogP contribution in [0.1, 0.15) is 39.2 Å². The quantitative estimate of drug-likeness (QED) is 0.615. The highest BCUT2D eigenvalue weighted by atomic mass is 16.5.